The summed E-state index contributed by atoms with van der Waals surface area (Å²) in [5, 5.41) is 8.46. The molecule has 0 radical (unpaired) electrons. The predicted molar refractivity (Wildman–Crippen MR) is 84.1 cm³/mol. The molecule has 0 bridgehead atoms. The highest BCUT2D eigenvalue weighted by molar-refractivity contribution is 6.33. The van der Waals surface area contributed by atoms with Crippen LogP contribution in [0.3, 0.4) is 0 Å². The topological polar surface area (TPSA) is 28.7 Å². The first-order chi connectivity index (χ1) is 9.65. The molecule has 106 valence electrons. The van der Waals surface area contributed by atoms with Crippen LogP contribution >= 0.6 is 11.6 Å². The summed E-state index contributed by atoms with van der Waals surface area (Å²) in [4.78, 5) is 0. The van der Waals surface area contributed by atoms with Crippen LogP contribution in [0, 0.1) is 12.8 Å². The second-order valence-corrected chi connectivity index (χ2v) is 6.50. The van der Waals surface area contributed by atoms with Gasteiger partial charge in [0.25, 0.3) is 0 Å². The first-order valence-electron chi connectivity index (χ1n) is 7.46. The summed E-state index contributed by atoms with van der Waals surface area (Å²) in [5.74, 6) is 1.40. The largest absolute Gasteiger partial charge is 0.280 e. The lowest BCUT2D eigenvalue weighted by Gasteiger charge is -2.25. The van der Waals surface area contributed by atoms with Crippen LogP contribution in [0.15, 0.2) is 24.3 Å². The minimum absolute atomic E-state index is 0.547. The minimum Gasteiger partial charge on any atom is -0.280 e. The van der Waals surface area contributed by atoms with Gasteiger partial charge in [-0.25, -0.2) is 0 Å². The van der Waals surface area contributed by atoms with Crippen LogP contribution in [0.5, 0.6) is 0 Å². The molecule has 0 saturated heterocycles. The Balaban J connectivity index is 1.87. The molecule has 0 aliphatic heterocycles. The molecule has 0 spiro atoms. The van der Waals surface area contributed by atoms with Gasteiger partial charge < -0.3 is 0 Å². The molecule has 2 aromatic rings. The molecule has 0 amide bonds. The van der Waals surface area contributed by atoms with Gasteiger partial charge in [0.1, 0.15) is 5.69 Å². The highest BCUT2D eigenvalue weighted by Gasteiger charge is 2.25. The molecule has 1 aliphatic carbocycles. The third-order valence-electron chi connectivity index (χ3n) is 4.48. The summed E-state index contributed by atoms with van der Waals surface area (Å²) in [5.41, 5.74) is 4.36. The van der Waals surface area contributed by atoms with Gasteiger partial charge in [-0.2, -0.15) is 5.10 Å². The van der Waals surface area contributed by atoms with Crippen LogP contribution in [-0.2, 0) is 0 Å². The molecule has 1 aliphatic rings. The lowest BCUT2D eigenvalue weighted by molar-refractivity contribution is 0.344. The van der Waals surface area contributed by atoms with Gasteiger partial charge in [-0.05, 0) is 25.7 Å². The summed E-state index contributed by atoms with van der Waals surface area (Å²) >= 11 is 6.57. The number of benzene rings is 1. The predicted octanol–water partition coefficient (Wildman–Crippen LogP) is 5.33. The third kappa shape index (κ3) is 2.62. The van der Waals surface area contributed by atoms with Crippen LogP contribution in [0.2, 0.25) is 5.02 Å². The summed E-state index contributed by atoms with van der Waals surface area (Å²) in [6.45, 7) is 4.42. The van der Waals surface area contributed by atoms with Gasteiger partial charge in [0.15, 0.2) is 0 Å². The molecule has 1 N–H and O–H groups in total. The molecule has 0 unspecified atom stereocenters. The van der Waals surface area contributed by atoms with Crippen molar-refractivity contribution in [2.24, 2.45) is 5.92 Å². The summed E-state index contributed by atoms with van der Waals surface area (Å²) in [6.07, 6.45) is 5.02. The number of hydrogen-bond acceptors (Lipinski definition) is 1. The second-order valence-electron chi connectivity index (χ2n) is 6.12. The van der Waals surface area contributed by atoms with Gasteiger partial charge in [0.05, 0.1) is 10.7 Å². The van der Waals surface area contributed by atoms with Gasteiger partial charge in [-0.3, -0.25) is 5.10 Å². The van der Waals surface area contributed by atoms with Crippen molar-refractivity contribution in [2.75, 3.05) is 0 Å². The first kappa shape index (κ1) is 13.7. The fourth-order valence-electron chi connectivity index (χ4n) is 3.06. The first-order valence-corrected chi connectivity index (χ1v) is 7.83. The van der Waals surface area contributed by atoms with Crippen LogP contribution in [0.25, 0.3) is 11.3 Å². The van der Waals surface area contributed by atoms with E-state index in [1.165, 1.54) is 31.2 Å². The molecule has 1 fully saturated rings. The van der Waals surface area contributed by atoms with E-state index in [4.69, 9.17) is 11.6 Å². The van der Waals surface area contributed by atoms with E-state index in [0.717, 1.165) is 27.9 Å². The van der Waals surface area contributed by atoms with Crippen molar-refractivity contribution >= 4 is 11.6 Å². The fraction of sp³-hybridized carbons (Fsp3) is 0.471. The van der Waals surface area contributed by atoms with Gasteiger partial charge >= 0.3 is 0 Å². The van der Waals surface area contributed by atoms with Gasteiger partial charge in [0, 0.05) is 11.5 Å². The molecular weight excluding hydrogens is 268 g/mol. The highest BCUT2D eigenvalue weighted by atomic mass is 35.5. The fourth-order valence-corrected chi connectivity index (χ4v) is 3.41. The second kappa shape index (κ2) is 5.61. The van der Waals surface area contributed by atoms with E-state index in [-0.39, 0.29) is 0 Å². The Morgan fingerprint density at radius 2 is 1.75 bits per heavy atom. The number of hydrogen-bond donors (Lipinski definition) is 1. The zero-order valence-corrected chi connectivity index (χ0v) is 12.9. The summed E-state index contributed by atoms with van der Waals surface area (Å²) in [6, 6.07) is 8.37. The third-order valence-corrected chi connectivity index (χ3v) is 4.86. The van der Waals surface area contributed by atoms with E-state index in [9.17, 15) is 0 Å². The van der Waals surface area contributed by atoms with Gasteiger partial charge in [-0.1, -0.05) is 61.2 Å². The average molecular weight is 289 g/mol. The normalized spacial score (nSPS) is 22.9. The van der Waals surface area contributed by atoms with E-state index in [2.05, 4.69) is 48.3 Å². The molecule has 0 atom stereocenters. The molecular formula is C17H21ClN2. The number of halogens is 1. The quantitative estimate of drug-likeness (QED) is 0.795. The Kier molecular flexibility index (Phi) is 3.84. The van der Waals surface area contributed by atoms with E-state index in [1.54, 1.807) is 0 Å². The molecule has 1 aromatic heterocycles. The molecule has 3 heteroatoms. The van der Waals surface area contributed by atoms with Gasteiger partial charge in [0.2, 0.25) is 0 Å². The molecule has 1 heterocycles. The van der Waals surface area contributed by atoms with Crippen molar-refractivity contribution < 1.29 is 0 Å². The van der Waals surface area contributed by atoms with Crippen LogP contribution < -0.4 is 0 Å². The van der Waals surface area contributed by atoms with Crippen LogP contribution in [-0.4, -0.2) is 10.2 Å². The average Bonchev–Trinajstić information content (AvgIpc) is 2.83. The maximum atomic E-state index is 6.57. The lowest BCUT2D eigenvalue weighted by Crippen LogP contribution is -2.11. The number of aryl methyl sites for hydroxylation is 1. The molecule has 3 rings (SSSR count). The van der Waals surface area contributed by atoms with Crippen molar-refractivity contribution in [3.8, 4) is 11.3 Å². The van der Waals surface area contributed by atoms with Crippen molar-refractivity contribution in [2.45, 2.75) is 45.4 Å². The SMILES string of the molecule is Cc1ccc(-c2n[nH]c(C3CCC(C)CC3)c2Cl)cc1. The molecule has 1 aromatic carbocycles. The van der Waals surface area contributed by atoms with Crippen molar-refractivity contribution in [1.29, 1.82) is 0 Å². The number of H-pyrrole nitrogens is 1. The molecule has 2 nitrogen and oxygen atoms in total. The Morgan fingerprint density at radius 3 is 2.40 bits per heavy atom. The van der Waals surface area contributed by atoms with E-state index < -0.39 is 0 Å². The molecule has 20 heavy (non-hydrogen) atoms. The lowest BCUT2D eigenvalue weighted by atomic mass is 9.81. The van der Waals surface area contributed by atoms with E-state index >= 15 is 0 Å². The van der Waals surface area contributed by atoms with E-state index in [1.807, 2.05) is 0 Å². The Labute approximate surface area is 125 Å². The zero-order valence-electron chi connectivity index (χ0n) is 12.1. The Morgan fingerprint density at radius 1 is 1.10 bits per heavy atom. The van der Waals surface area contributed by atoms with Crippen molar-refractivity contribution in [1.82, 2.24) is 10.2 Å². The minimum atomic E-state index is 0.547. The van der Waals surface area contributed by atoms with E-state index in [0.29, 0.717) is 5.92 Å². The Bertz CT molecular complexity index is 578. The summed E-state index contributed by atoms with van der Waals surface area (Å²) < 4.78 is 0. The monoisotopic (exact) mass is 288 g/mol. The summed E-state index contributed by atoms with van der Waals surface area (Å²) in [7, 11) is 0. The number of rotatable bonds is 2. The van der Waals surface area contributed by atoms with Crippen LogP contribution in [0.1, 0.15) is 49.8 Å². The number of aromatic amines is 1. The number of aromatic nitrogens is 2. The molecule has 1 saturated carbocycles. The van der Waals surface area contributed by atoms with Gasteiger partial charge in [-0.15, -0.1) is 0 Å². The standard InChI is InChI=1S/C17H21ClN2/c1-11-3-7-13(8-4-11)16-15(18)17(20-19-16)14-9-5-12(2)6-10-14/h3-4,7-8,12,14H,5-6,9-10H2,1-2H3,(H,19,20). The smallest absolute Gasteiger partial charge is 0.111 e. The van der Waals surface area contributed by atoms with Crippen LogP contribution in [0.4, 0.5) is 0 Å². The maximum Gasteiger partial charge on any atom is 0.111 e. The highest BCUT2D eigenvalue weighted by Crippen LogP contribution is 2.40. The zero-order chi connectivity index (χ0) is 14.1. The number of nitrogens with one attached hydrogen (secondary N) is 1. The Hall–Kier alpha value is -1.28. The van der Waals surface area contributed by atoms with Crippen molar-refractivity contribution in [3.63, 3.8) is 0 Å². The maximum absolute atomic E-state index is 6.57. The van der Waals surface area contributed by atoms with Crippen molar-refractivity contribution in [3.05, 3.63) is 40.5 Å². The number of nitrogens with zero attached hydrogens (tertiary/aromatic N) is 1.